The Labute approximate surface area is 193 Å². The van der Waals surface area contributed by atoms with E-state index in [0.29, 0.717) is 32.5 Å². The number of hydrogen-bond donors (Lipinski definition) is 3. The smallest absolute Gasteiger partial charge is 0.239 e. The predicted molar refractivity (Wildman–Crippen MR) is 123 cm³/mol. The van der Waals surface area contributed by atoms with E-state index in [2.05, 4.69) is 20.4 Å². The fourth-order valence-electron chi connectivity index (χ4n) is 4.85. The maximum absolute atomic E-state index is 13.0. The van der Waals surface area contributed by atoms with Crippen LogP contribution in [0.15, 0.2) is 48.5 Å². The van der Waals surface area contributed by atoms with Crippen molar-refractivity contribution in [2.45, 2.75) is 50.5 Å². The number of phenols is 1. The number of benzene rings is 2. The molecule has 2 aliphatic rings. The van der Waals surface area contributed by atoms with E-state index in [4.69, 9.17) is 0 Å². The number of aromatic hydroxyl groups is 1. The minimum Gasteiger partial charge on any atom is -0.508 e. The second-order valence-corrected chi connectivity index (χ2v) is 8.94. The SMILES string of the molecule is CN1[C@@H](CCC(=O)NCc2ccc(F)cc2)CNC(=O)[C@@H]2[C@H]1CCN2Cc1ccc(O)cc1. The Bertz CT molecular complexity index is 967. The molecule has 0 spiro atoms. The molecule has 2 aromatic rings. The van der Waals surface area contributed by atoms with Crippen LogP contribution in [0.25, 0.3) is 0 Å². The van der Waals surface area contributed by atoms with Crippen LogP contribution in [0.5, 0.6) is 5.75 Å². The lowest BCUT2D eigenvalue weighted by Crippen LogP contribution is -2.49. The van der Waals surface area contributed by atoms with Crippen LogP contribution >= 0.6 is 0 Å². The number of rotatable bonds is 7. The normalized spacial score (nSPS) is 23.6. The molecule has 0 unspecified atom stereocenters. The van der Waals surface area contributed by atoms with Crippen molar-refractivity contribution in [2.75, 3.05) is 20.1 Å². The van der Waals surface area contributed by atoms with Crippen molar-refractivity contribution in [1.29, 1.82) is 0 Å². The predicted octanol–water partition coefficient (Wildman–Crippen LogP) is 2.00. The number of nitrogens with one attached hydrogen (secondary N) is 2. The van der Waals surface area contributed by atoms with Crippen LogP contribution in [0.3, 0.4) is 0 Å². The summed E-state index contributed by atoms with van der Waals surface area (Å²) < 4.78 is 13.0. The molecule has 2 fully saturated rings. The van der Waals surface area contributed by atoms with Gasteiger partial charge in [0.15, 0.2) is 0 Å². The Balaban J connectivity index is 1.31. The molecule has 0 aliphatic carbocycles. The van der Waals surface area contributed by atoms with Gasteiger partial charge in [-0.2, -0.15) is 0 Å². The van der Waals surface area contributed by atoms with Crippen molar-refractivity contribution in [2.24, 2.45) is 0 Å². The van der Waals surface area contributed by atoms with E-state index in [9.17, 15) is 19.1 Å². The van der Waals surface area contributed by atoms with Crippen LogP contribution in [0.4, 0.5) is 4.39 Å². The van der Waals surface area contributed by atoms with Gasteiger partial charge in [0.1, 0.15) is 17.6 Å². The van der Waals surface area contributed by atoms with Gasteiger partial charge in [0.05, 0.1) is 0 Å². The topological polar surface area (TPSA) is 84.9 Å². The molecule has 2 amide bonds. The average Bonchev–Trinajstić information content (AvgIpc) is 3.18. The Morgan fingerprint density at radius 2 is 1.85 bits per heavy atom. The molecule has 0 aromatic heterocycles. The number of phenolic OH excluding ortho intramolecular Hbond substituents is 1. The highest BCUT2D eigenvalue weighted by Crippen LogP contribution is 2.28. The van der Waals surface area contributed by atoms with Crippen molar-refractivity contribution >= 4 is 11.8 Å². The highest BCUT2D eigenvalue weighted by Gasteiger charge is 2.44. The molecular formula is C25H31FN4O3. The lowest BCUT2D eigenvalue weighted by molar-refractivity contribution is -0.126. The standard InChI is InChI=1S/C25H31FN4O3/c1-29-20(8-11-23(32)27-14-17-2-6-19(26)7-3-17)15-28-25(33)24-22(29)12-13-30(24)16-18-4-9-21(31)10-5-18/h2-7,9-10,20,22,24,31H,8,11-16H2,1H3,(H,27,32)(H,28,33)/t20-,22+,24-/m0/s1. The molecule has 0 bridgehead atoms. The van der Waals surface area contributed by atoms with Crippen LogP contribution in [0.1, 0.15) is 30.4 Å². The lowest BCUT2D eigenvalue weighted by Gasteiger charge is -2.33. The van der Waals surface area contributed by atoms with Crippen LogP contribution in [0.2, 0.25) is 0 Å². The zero-order valence-corrected chi connectivity index (χ0v) is 18.8. The number of likely N-dealkylation sites (tertiary alicyclic amines) is 1. The Kier molecular flexibility index (Phi) is 7.25. The first-order chi connectivity index (χ1) is 15.9. The van der Waals surface area contributed by atoms with Gasteiger partial charge in [-0.15, -0.1) is 0 Å². The van der Waals surface area contributed by atoms with E-state index >= 15 is 0 Å². The summed E-state index contributed by atoms with van der Waals surface area (Å²) in [5, 5.41) is 15.5. The molecule has 2 aromatic carbocycles. The van der Waals surface area contributed by atoms with Crippen molar-refractivity contribution in [3.63, 3.8) is 0 Å². The number of halogens is 1. The number of carbonyl (C=O) groups is 2. The highest BCUT2D eigenvalue weighted by molar-refractivity contribution is 5.83. The summed E-state index contributed by atoms with van der Waals surface area (Å²) in [4.78, 5) is 29.8. The fraction of sp³-hybridized carbons (Fsp3) is 0.440. The van der Waals surface area contributed by atoms with E-state index in [0.717, 1.165) is 24.1 Å². The first-order valence-electron chi connectivity index (χ1n) is 11.4. The van der Waals surface area contributed by atoms with Crippen molar-refractivity contribution < 1.29 is 19.1 Å². The second kappa shape index (κ2) is 10.3. The van der Waals surface area contributed by atoms with Gasteiger partial charge in [-0.25, -0.2) is 4.39 Å². The third-order valence-corrected chi connectivity index (χ3v) is 6.78. The van der Waals surface area contributed by atoms with Crippen molar-refractivity contribution in [1.82, 2.24) is 20.4 Å². The number of nitrogens with zero attached hydrogens (tertiary/aromatic N) is 2. The molecule has 3 N–H and O–H groups in total. The zero-order chi connectivity index (χ0) is 23.4. The van der Waals surface area contributed by atoms with E-state index in [1.165, 1.54) is 12.1 Å². The van der Waals surface area contributed by atoms with Gasteiger partial charge in [-0.1, -0.05) is 24.3 Å². The summed E-state index contributed by atoms with van der Waals surface area (Å²) in [7, 11) is 2.04. The number of amides is 2. The summed E-state index contributed by atoms with van der Waals surface area (Å²) in [5.41, 5.74) is 1.91. The molecular weight excluding hydrogens is 423 g/mol. The first kappa shape index (κ1) is 23.2. The molecule has 4 rings (SSSR count). The molecule has 0 saturated carbocycles. The first-order valence-corrected chi connectivity index (χ1v) is 11.4. The van der Waals surface area contributed by atoms with E-state index < -0.39 is 0 Å². The molecule has 176 valence electrons. The third kappa shape index (κ3) is 5.69. The highest BCUT2D eigenvalue weighted by atomic mass is 19.1. The summed E-state index contributed by atoms with van der Waals surface area (Å²) >= 11 is 0. The molecule has 7 nitrogen and oxygen atoms in total. The zero-order valence-electron chi connectivity index (χ0n) is 18.8. The summed E-state index contributed by atoms with van der Waals surface area (Å²) in [6.45, 7) is 2.35. The largest absolute Gasteiger partial charge is 0.508 e. The molecule has 2 aliphatic heterocycles. The number of carbonyl (C=O) groups excluding carboxylic acids is 2. The summed E-state index contributed by atoms with van der Waals surface area (Å²) in [6.07, 6.45) is 1.90. The molecule has 2 heterocycles. The monoisotopic (exact) mass is 454 g/mol. The Hall–Kier alpha value is -2.97. The van der Waals surface area contributed by atoms with Crippen LogP contribution < -0.4 is 10.6 Å². The maximum Gasteiger partial charge on any atom is 0.239 e. The lowest BCUT2D eigenvalue weighted by atomic mass is 10.0. The molecule has 2 saturated heterocycles. The number of hydrogen-bond acceptors (Lipinski definition) is 5. The van der Waals surface area contributed by atoms with Gasteiger partial charge in [-0.3, -0.25) is 19.4 Å². The van der Waals surface area contributed by atoms with Crippen LogP contribution in [-0.4, -0.2) is 65.0 Å². The van der Waals surface area contributed by atoms with Gasteiger partial charge in [0.2, 0.25) is 11.8 Å². The molecule has 8 heteroatoms. The molecule has 0 radical (unpaired) electrons. The van der Waals surface area contributed by atoms with Gasteiger partial charge in [-0.05, 0) is 55.3 Å². The minimum absolute atomic E-state index is 0.0337. The van der Waals surface area contributed by atoms with Crippen molar-refractivity contribution in [3.8, 4) is 5.75 Å². The Morgan fingerprint density at radius 1 is 1.15 bits per heavy atom. The number of likely N-dealkylation sites (N-methyl/N-ethyl adjacent to an activating group) is 1. The Morgan fingerprint density at radius 3 is 2.58 bits per heavy atom. The van der Waals surface area contributed by atoms with E-state index in [1.54, 1.807) is 24.3 Å². The van der Waals surface area contributed by atoms with E-state index in [-0.39, 0.29) is 41.5 Å². The quantitative estimate of drug-likeness (QED) is 0.596. The average molecular weight is 455 g/mol. The minimum atomic E-state index is -0.296. The van der Waals surface area contributed by atoms with Crippen molar-refractivity contribution in [3.05, 3.63) is 65.5 Å². The van der Waals surface area contributed by atoms with Crippen LogP contribution in [-0.2, 0) is 22.7 Å². The van der Waals surface area contributed by atoms with E-state index in [1.807, 2.05) is 19.2 Å². The van der Waals surface area contributed by atoms with Crippen LogP contribution in [0, 0.1) is 5.82 Å². The summed E-state index contributed by atoms with van der Waals surface area (Å²) in [6, 6.07) is 13.1. The van der Waals surface area contributed by atoms with Gasteiger partial charge >= 0.3 is 0 Å². The fourth-order valence-corrected chi connectivity index (χ4v) is 4.85. The van der Waals surface area contributed by atoms with Gasteiger partial charge in [0, 0.05) is 44.7 Å². The third-order valence-electron chi connectivity index (χ3n) is 6.78. The van der Waals surface area contributed by atoms with Gasteiger partial charge in [0.25, 0.3) is 0 Å². The summed E-state index contributed by atoms with van der Waals surface area (Å²) in [5.74, 6) is -0.0866. The number of fused-ring (bicyclic) bond motifs is 1. The molecule has 33 heavy (non-hydrogen) atoms. The molecule has 3 atom stereocenters. The second-order valence-electron chi connectivity index (χ2n) is 8.94. The maximum atomic E-state index is 13.0. The van der Waals surface area contributed by atoms with Gasteiger partial charge < -0.3 is 15.7 Å².